The van der Waals surface area contributed by atoms with Crippen LogP contribution in [0.3, 0.4) is 0 Å². The number of piperidine rings is 5. The number of amides is 4. The molecule has 19 heteroatoms. The summed E-state index contributed by atoms with van der Waals surface area (Å²) in [5, 5.41) is 6.72. The molecule has 78 heavy (non-hydrogen) atoms. The minimum Gasteiger partial charge on any atom is -0.447 e. The Morgan fingerprint density at radius 2 is 1.21 bits per heavy atom. The van der Waals surface area contributed by atoms with Gasteiger partial charge in [0.1, 0.15) is 6.10 Å². The lowest BCUT2D eigenvalue weighted by Gasteiger charge is -2.45. The first-order valence-electron chi connectivity index (χ1n) is 30.0. The maximum absolute atomic E-state index is 12.8. The number of thiol groups is 1. The zero-order chi connectivity index (χ0) is 56.3. The van der Waals surface area contributed by atoms with Gasteiger partial charge in [0.15, 0.2) is 0 Å². The Balaban J connectivity index is 0.000000187. The predicted molar refractivity (Wildman–Crippen MR) is 309 cm³/mol. The predicted octanol–water partition coefficient (Wildman–Crippen LogP) is 8.10. The van der Waals surface area contributed by atoms with Gasteiger partial charge in [0.25, 0.3) is 11.1 Å². The number of carbonyl (C=O) groups is 4. The van der Waals surface area contributed by atoms with Crippen LogP contribution in [0.2, 0.25) is 0 Å². The number of carbonyl (C=O) groups excluding carboxylic acids is 4. The SMILES string of the molecule is CC.CC(C)OC(=O)N1CCC(Cn2ccc3c(c2=O)CCN(S)C3)CC1.CC(C)OC(=O)N1CCC(N2CCC3CNCCC3C2=O)CC1.CCC(C)OC(=O)N1CCC(CCCCn2ccc3c(c2=O)CCNC3)CC1. The summed E-state index contributed by atoms with van der Waals surface area (Å²) in [6, 6.07) is 4.44. The van der Waals surface area contributed by atoms with Crippen molar-refractivity contribution in [3.63, 3.8) is 0 Å². The molecule has 2 aromatic heterocycles. The topological polar surface area (TPSA) is 180 Å². The standard InChI is InChI=1S/C22H35N3O3.C18H27N3O3S.C17H29N3O3.C2H6/c1-3-17(2)28-22(27)25-13-8-18(9-14-25)6-4-5-12-24-15-10-19-16-23-11-7-20(19)21(24)26;1-13(2)24-18(23)19-7-3-14(4-8-19)11-20-9-5-15-12-21(25)10-6-16(15)17(20)22;1-12(2)23-17(22)19-8-5-14(6-9-19)20-10-4-13-11-18-7-3-15(13)16(20)21;1-2/h10,15,17-18,23H,3-9,11-14,16H2,1-2H3;5,9,13-14,25H,3-4,6-8,10-12H2,1-2H3;12-15,18H,3-11H2,1-2H3;1-2H3. The Morgan fingerprint density at radius 1 is 0.641 bits per heavy atom. The van der Waals surface area contributed by atoms with Gasteiger partial charge in [-0.3, -0.25) is 14.4 Å². The van der Waals surface area contributed by atoms with E-state index in [9.17, 15) is 28.8 Å². The summed E-state index contributed by atoms with van der Waals surface area (Å²) in [6.07, 6.45) is 16.6. The molecule has 0 radical (unpaired) electrons. The fourth-order valence-corrected chi connectivity index (χ4v) is 12.2. The number of nitrogens with zero attached hydrogens (tertiary/aromatic N) is 7. The first-order chi connectivity index (χ1) is 37.6. The number of unbranched alkanes of at least 4 members (excludes halogenated alkanes) is 1. The van der Waals surface area contributed by atoms with Crippen molar-refractivity contribution < 1.29 is 33.4 Å². The van der Waals surface area contributed by atoms with Gasteiger partial charge >= 0.3 is 18.3 Å². The molecule has 3 unspecified atom stereocenters. The molecular formula is C59H97N9O9S. The number of hydrogen-bond acceptors (Lipinski definition) is 13. The zero-order valence-electron chi connectivity index (χ0n) is 48.7. The van der Waals surface area contributed by atoms with Gasteiger partial charge in [-0.1, -0.05) is 46.4 Å². The van der Waals surface area contributed by atoms with Gasteiger partial charge in [-0.2, -0.15) is 0 Å². The summed E-state index contributed by atoms with van der Waals surface area (Å²) in [6.45, 7) is 27.4. The molecule has 0 aliphatic carbocycles. The van der Waals surface area contributed by atoms with Crippen LogP contribution in [0.5, 0.6) is 0 Å². The van der Waals surface area contributed by atoms with E-state index in [1.807, 2.05) is 92.2 Å². The zero-order valence-corrected chi connectivity index (χ0v) is 49.6. The molecule has 9 heterocycles. The fraction of sp³-hybridized carbons (Fsp3) is 0.763. The summed E-state index contributed by atoms with van der Waals surface area (Å²) in [5.74, 6) is 2.19. The van der Waals surface area contributed by atoms with E-state index in [1.165, 1.54) is 6.42 Å². The average Bonchev–Trinajstić information content (AvgIpc) is 3.46. The van der Waals surface area contributed by atoms with Crippen LogP contribution in [-0.2, 0) is 58.0 Å². The first kappa shape index (κ1) is 62.6. The smallest absolute Gasteiger partial charge is 0.410 e. The molecule has 5 fully saturated rings. The Labute approximate surface area is 471 Å². The highest BCUT2D eigenvalue weighted by Gasteiger charge is 2.41. The summed E-state index contributed by atoms with van der Waals surface area (Å²) in [5.41, 5.74) is 4.52. The van der Waals surface area contributed by atoms with Gasteiger partial charge in [0.2, 0.25) is 5.91 Å². The van der Waals surface area contributed by atoms with E-state index in [-0.39, 0.29) is 53.6 Å². The third-order valence-electron chi connectivity index (χ3n) is 16.7. The number of aryl methyl sites for hydroxylation is 1. The Kier molecular flexibility index (Phi) is 25.2. The maximum atomic E-state index is 12.8. The van der Waals surface area contributed by atoms with Crippen LogP contribution in [0.4, 0.5) is 14.4 Å². The Bertz CT molecular complexity index is 2340. The minimum absolute atomic E-state index is 0.00603. The number of nitrogens with one attached hydrogen (secondary N) is 2. The van der Waals surface area contributed by atoms with Crippen molar-refractivity contribution >= 4 is 37.0 Å². The van der Waals surface area contributed by atoms with Gasteiger partial charge in [-0.05, 0) is 172 Å². The van der Waals surface area contributed by atoms with Crippen LogP contribution in [0, 0.1) is 23.7 Å². The van der Waals surface area contributed by atoms with Gasteiger partial charge in [0.05, 0.1) is 12.2 Å². The number of pyridine rings is 2. The molecule has 0 spiro atoms. The van der Waals surface area contributed by atoms with Crippen LogP contribution in [-0.4, -0.2) is 154 Å². The summed E-state index contributed by atoms with van der Waals surface area (Å²) < 4.78 is 21.6. The summed E-state index contributed by atoms with van der Waals surface area (Å²) in [7, 11) is 0. The van der Waals surface area contributed by atoms with Crippen molar-refractivity contribution in [2.75, 3.05) is 72.0 Å². The normalized spacial score (nSPS) is 21.6. The molecule has 3 atom stereocenters. The number of rotatable bonds is 12. The molecule has 0 saturated carbocycles. The number of fused-ring (bicyclic) bond motifs is 3. The van der Waals surface area contributed by atoms with Gasteiger partial charge in [-0.15, -0.1) is 0 Å². The summed E-state index contributed by atoms with van der Waals surface area (Å²) >= 11 is 4.38. The molecule has 438 valence electrons. The van der Waals surface area contributed by atoms with E-state index in [4.69, 9.17) is 14.2 Å². The van der Waals surface area contributed by atoms with Crippen molar-refractivity contribution in [3.05, 3.63) is 67.5 Å². The summed E-state index contributed by atoms with van der Waals surface area (Å²) in [4.78, 5) is 81.6. The second kappa shape index (κ2) is 31.4. The van der Waals surface area contributed by atoms with E-state index in [0.717, 1.165) is 178 Å². The van der Waals surface area contributed by atoms with Crippen LogP contribution >= 0.6 is 12.8 Å². The number of hydrogen-bond donors (Lipinski definition) is 3. The van der Waals surface area contributed by atoms with Crippen molar-refractivity contribution in [3.8, 4) is 0 Å². The fourth-order valence-electron chi connectivity index (χ4n) is 11.9. The Hall–Kier alpha value is -4.59. The monoisotopic (exact) mass is 1110 g/mol. The van der Waals surface area contributed by atoms with E-state index in [2.05, 4.69) is 34.4 Å². The molecular weight excluding hydrogens is 1010 g/mol. The van der Waals surface area contributed by atoms with Gasteiger partial charge in [-0.25, -0.2) is 18.7 Å². The van der Waals surface area contributed by atoms with Gasteiger partial charge in [0, 0.05) is 114 Å². The average molecular weight is 1110 g/mol. The first-order valence-corrected chi connectivity index (χ1v) is 30.4. The van der Waals surface area contributed by atoms with Crippen LogP contribution in [0.15, 0.2) is 34.1 Å². The maximum Gasteiger partial charge on any atom is 0.410 e. The molecule has 9 rings (SSSR count). The molecule has 18 nitrogen and oxygen atoms in total. The van der Waals surface area contributed by atoms with E-state index < -0.39 is 0 Å². The van der Waals surface area contributed by atoms with E-state index >= 15 is 0 Å². The molecule has 2 aromatic rings. The molecule has 0 aromatic carbocycles. The minimum atomic E-state index is -0.226. The van der Waals surface area contributed by atoms with Crippen molar-refractivity contribution in [1.29, 1.82) is 0 Å². The quantitative estimate of drug-likeness (QED) is 0.106. The second-order valence-electron chi connectivity index (χ2n) is 22.9. The molecule has 0 bridgehead atoms. The number of ether oxygens (including phenoxy) is 3. The molecule has 5 saturated heterocycles. The number of likely N-dealkylation sites (tertiary alicyclic amines) is 4. The largest absolute Gasteiger partial charge is 0.447 e. The van der Waals surface area contributed by atoms with Crippen LogP contribution < -0.4 is 21.8 Å². The molecule has 7 aliphatic heterocycles. The van der Waals surface area contributed by atoms with Crippen LogP contribution in [0.25, 0.3) is 0 Å². The van der Waals surface area contributed by atoms with E-state index in [1.54, 1.807) is 9.80 Å². The van der Waals surface area contributed by atoms with Gasteiger partial charge < -0.3 is 53.6 Å². The highest BCUT2D eigenvalue weighted by atomic mass is 32.1. The number of aromatic nitrogens is 2. The third-order valence-corrected chi connectivity index (χ3v) is 17.0. The lowest BCUT2D eigenvalue weighted by molar-refractivity contribution is -0.146. The lowest BCUT2D eigenvalue weighted by atomic mass is 9.79. The molecule has 4 amide bonds. The molecule has 7 aliphatic rings. The van der Waals surface area contributed by atoms with Crippen LogP contribution in [0.1, 0.15) is 155 Å². The Morgan fingerprint density at radius 3 is 1.83 bits per heavy atom. The van der Waals surface area contributed by atoms with Crippen molar-refractivity contribution in [1.82, 2.24) is 43.7 Å². The van der Waals surface area contributed by atoms with E-state index in [0.29, 0.717) is 55.9 Å². The highest BCUT2D eigenvalue weighted by molar-refractivity contribution is 7.77. The third kappa shape index (κ3) is 18.0. The van der Waals surface area contributed by atoms with Crippen molar-refractivity contribution in [2.45, 2.75) is 196 Å². The van der Waals surface area contributed by atoms with Crippen molar-refractivity contribution in [2.24, 2.45) is 23.7 Å². The highest BCUT2D eigenvalue weighted by Crippen LogP contribution is 2.33. The lowest BCUT2D eigenvalue weighted by Crippen LogP contribution is -2.56. The second-order valence-corrected chi connectivity index (χ2v) is 23.4. The molecule has 2 N–H and O–H groups in total.